The van der Waals surface area contributed by atoms with Gasteiger partial charge in [0.1, 0.15) is 0 Å². The third-order valence-electron chi connectivity index (χ3n) is 3.91. The normalized spacial score (nSPS) is 29.8. The maximum atomic E-state index is 11.8. The van der Waals surface area contributed by atoms with Crippen molar-refractivity contribution in [2.24, 2.45) is 0 Å². The average Bonchev–Trinajstić information content (AvgIpc) is 2.91. The van der Waals surface area contributed by atoms with E-state index in [2.05, 4.69) is 17.6 Å². The summed E-state index contributed by atoms with van der Waals surface area (Å²) in [6, 6.07) is 0.630. The molecule has 0 saturated carbocycles. The lowest BCUT2D eigenvalue weighted by atomic mass is 10.00. The van der Waals surface area contributed by atoms with Crippen LogP contribution in [0.2, 0.25) is 0 Å². The molecule has 0 aromatic rings. The average molecular weight is 307 g/mol. The lowest BCUT2D eigenvalue weighted by Gasteiger charge is -2.30. The summed E-state index contributed by atoms with van der Waals surface area (Å²) in [6.45, 7) is 5.13. The fraction of sp³-hybridized carbons (Fsp3) is 0.929. The number of halogens is 1. The molecule has 6 heteroatoms. The molecule has 5 nitrogen and oxygen atoms in total. The number of nitrogens with one attached hydrogen (secondary N) is 2. The molecule has 2 aliphatic rings. The van der Waals surface area contributed by atoms with Gasteiger partial charge in [-0.2, -0.15) is 0 Å². The van der Waals surface area contributed by atoms with Crippen LogP contribution in [-0.2, 0) is 14.3 Å². The Morgan fingerprint density at radius 3 is 2.95 bits per heavy atom. The molecule has 1 amide bonds. The maximum absolute atomic E-state index is 11.8. The molecule has 0 aliphatic carbocycles. The number of carbonyl (C=O) groups is 1. The van der Waals surface area contributed by atoms with E-state index in [4.69, 9.17) is 9.47 Å². The number of rotatable bonds is 6. The molecule has 2 heterocycles. The molecule has 0 spiro atoms. The first-order chi connectivity index (χ1) is 9.25. The van der Waals surface area contributed by atoms with E-state index in [0.717, 1.165) is 38.8 Å². The van der Waals surface area contributed by atoms with Crippen molar-refractivity contribution in [1.82, 2.24) is 10.6 Å². The minimum atomic E-state index is 0. The fourth-order valence-corrected chi connectivity index (χ4v) is 2.68. The second-order valence-corrected chi connectivity index (χ2v) is 5.52. The molecular weight excluding hydrogens is 280 g/mol. The van der Waals surface area contributed by atoms with Crippen LogP contribution in [0, 0.1) is 0 Å². The Kier molecular flexibility index (Phi) is 8.45. The lowest BCUT2D eigenvalue weighted by molar-refractivity contribution is -0.123. The Hall–Kier alpha value is -0.360. The number of ether oxygens (including phenoxy) is 2. The van der Waals surface area contributed by atoms with E-state index in [0.29, 0.717) is 25.7 Å². The highest BCUT2D eigenvalue weighted by atomic mass is 35.5. The van der Waals surface area contributed by atoms with E-state index in [1.165, 1.54) is 0 Å². The summed E-state index contributed by atoms with van der Waals surface area (Å²) < 4.78 is 11.0. The first-order valence-corrected chi connectivity index (χ1v) is 7.48. The topological polar surface area (TPSA) is 59.6 Å². The molecule has 118 valence electrons. The molecule has 2 N–H and O–H groups in total. The van der Waals surface area contributed by atoms with Gasteiger partial charge in [0.05, 0.1) is 19.3 Å². The Bertz CT molecular complexity index is 286. The summed E-state index contributed by atoms with van der Waals surface area (Å²) in [5, 5.41) is 6.46. The summed E-state index contributed by atoms with van der Waals surface area (Å²) in [7, 11) is 0. The highest BCUT2D eigenvalue weighted by Gasteiger charge is 2.22. The molecule has 0 bridgehead atoms. The van der Waals surface area contributed by atoms with E-state index in [9.17, 15) is 4.79 Å². The molecule has 0 aromatic heterocycles. The zero-order valence-corrected chi connectivity index (χ0v) is 13.0. The van der Waals surface area contributed by atoms with Gasteiger partial charge in [-0.25, -0.2) is 0 Å². The van der Waals surface area contributed by atoms with Gasteiger partial charge in [0.2, 0.25) is 5.91 Å². The predicted octanol–water partition coefficient (Wildman–Crippen LogP) is 1.25. The quantitative estimate of drug-likeness (QED) is 0.725. The highest BCUT2D eigenvalue weighted by molar-refractivity contribution is 5.85. The smallest absolute Gasteiger partial charge is 0.222 e. The van der Waals surface area contributed by atoms with Crippen LogP contribution >= 0.6 is 12.4 Å². The Morgan fingerprint density at radius 2 is 2.25 bits per heavy atom. The summed E-state index contributed by atoms with van der Waals surface area (Å²) in [6.07, 6.45) is 5.08. The van der Waals surface area contributed by atoms with Gasteiger partial charge in [0, 0.05) is 25.1 Å². The largest absolute Gasteiger partial charge is 0.378 e. The monoisotopic (exact) mass is 306 g/mol. The van der Waals surface area contributed by atoms with Crippen LogP contribution in [0.1, 0.15) is 39.0 Å². The van der Waals surface area contributed by atoms with Crippen molar-refractivity contribution in [2.45, 2.75) is 57.2 Å². The molecule has 2 saturated heterocycles. The minimum absolute atomic E-state index is 0. The van der Waals surface area contributed by atoms with Crippen LogP contribution in [0.5, 0.6) is 0 Å². The van der Waals surface area contributed by atoms with Crippen LogP contribution in [0.25, 0.3) is 0 Å². The molecular formula is C14H27ClN2O3. The summed E-state index contributed by atoms with van der Waals surface area (Å²) in [5.74, 6) is 0.0906. The van der Waals surface area contributed by atoms with Crippen molar-refractivity contribution >= 4 is 18.3 Å². The van der Waals surface area contributed by atoms with E-state index in [-0.39, 0.29) is 30.5 Å². The van der Waals surface area contributed by atoms with Crippen molar-refractivity contribution in [3.63, 3.8) is 0 Å². The van der Waals surface area contributed by atoms with Crippen LogP contribution in [0.3, 0.4) is 0 Å². The van der Waals surface area contributed by atoms with Crippen LogP contribution in [0.4, 0.5) is 0 Å². The van der Waals surface area contributed by atoms with Crippen molar-refractivity contribution in [2.75, 3.05) is 26.4 Å². The summed E-state index contributed by atoms with van der Waals surface area (Å²) in [4.78, 5) is 11.8. The van der Waals surface area contributed by atoms with Gasteiger partial charge in [-0.3, -0.25) is 4.79 Å². The number of hydrogen-bond donors (Lipinski definition) is 2. The fourth-order valence-electron chi connectivity index (χ4n) is 2.68. The molecule has 3 unspecified atom stereocenters. The molecule has 2 rings (SSSR count). The standard InChI is InChI=1S/C14H26N2O3.ClH/c1-11-13(5-2-7-15-11)16-14(17)6-9-18-10-12-4-3-8-19-12;/h11-13,15H,2-10H2,1H3,(H,16,17);1H. The zero-order chi connectivity index (χ0) is 13.5. The van der Waals surface area contributed by atoms with Crippen molar-refractivity contribution in [1.29, 1.82) is 0 Å². The van der Waals surface area contributed by atoms with Gasteiger partial charge >= 0.3 is 0 Å². The van der Waals surface area contributed by atoms with Gasteiger partial charge < -0.3 is 20.1 Å². The lowest BCUT2D eigenvalue weighted by Crippen LogP contribution is -2.52. The number of amides is 1. The predicted molar refractivity (Wildman–Crippen MR) is 80.3 cm³/mol. The first kappa shape index (κ1) is 17.7. The Labute approximate surface area is 127 Å². The van der Waals surface area contributed by atoms with E-state index in [1.54, 1.807) is 0 Å². The highest BCUT2D eigenvalue weighted by Crippen LogP contribution is 2.12. The van der Waals surface area contributed by atoms with Gasteiger partial charge in [-0.1, -0.05) is 0 Å². The first-order valence-electron chi connectivity index (χ1n) is 7.48. The van der Waals surface area contributed by atoms with E-state index < -0.39 is 0 Å². The summed E-state index contributed by atoms with van der Waals surface area (Å²) in [5.41, 5.74) is 0. The van der Waals surface area contributed by atoms with Gasteiger partial charge in [-0.05, 0) is 39.2 Å². The third kappa shape index (κ3) is 5.95. The summed E-state index contributed by atoms with van der Waals surface area (Å²) >= 11 is 0. The van der Waals surface area contributed by atoms with Crippen molar-refractivity contribution < 1.29 is 14.3 Å². The Morgan fingerprint density at radius 1 is 1.40 bits per heavy atom. The number of piperidine rings is 1. The molecule has 2 fully saturated rings. The van der Waals surface area contributed by atoms with Crippen LogP contribution < -0.4 is 10.6 Å². The molecule has 0 radical (unpaired) electrons. The second-order valence-electron chi connectivity index (χ2n) is 5.52. The number of hydrogen-bond acceptors (Lipinski definition) is 4. The second kappa shape index (κ2) is 9.55. The molecule has 3 atom stereocenters. The molecule has 20 heavy (non-hydrogen) atoms. The minimum Gasteiger partial charge on any atom is -0.378 e. The third-order valence-corrected chi connectivity index (χ3v) is 3.91. The number of carbonyl (C=O) groups excluding carboxylic acids is 1. The molecule has 0 aromatic carbocycles. The van der Waals surface area contributed by atoms with Crippen molar-refractivity contribution in [3.8, 4) is 0 Å². The maximum Gasteiger partial charge on any atom is 0.222 e. The van der Waals surface area contributed by atoms with Gasteiger partial charge in [0.25, 0.3) is 0 Å². The van der Waals surface area contributed by atoms with Gasteiger partial charge in [-0.15, -0.1) is 12.4 Å². The Balaban J connectivity index is 0.00000200. The van der Waals surface area contributed by atoms with Gasteiger partial charge in [0.15, 0.2) is 0 Å². The SMILES string of the molecule is CC1NCCCC1NC(=O)CCOCC1CCCO1.Cl. The van der Waals surface area contributed by atoms with E-state index in [1.807, 2.05) is 0 Å². The van der Waals surface area contributed by atoms with E-state index >= 15 is 0 Å². The van der Waals surface area contributed by atoms with Crippen molar-refractivity contribution in [3.05, 3.63) is 0 Å². The van der Waals surface area contributed by atoms with Crippen LogP contribution in [0.15, 0.2) is 0 Å². The zero-order valence-electron chi connectivity index (χ0n) is 12.2. The molecule has 2 aliphatic heterocycles. The van der Waals surface area contributed by atoms with Crippen LogP contribution in [-0.4, -0.2) is 50.5 Å².